The summed E-state index contributed by atoms with van der Waals surface area (Å²) in [5.74, 6) is 0.905. The maximum Gasteiger partial charge on any atom is 0.157 e. The Morgan fingerprint density at radius 3 is 2.56 bits per heavy atom. The highest BCUT2D eigenvalue weighted by molar-refractivity contribution is 5.93. The molecule has 0 heterocycles. The number of nitrogens with one attached hydrogen (secondary N) is 1. The molecule has 0 bridgehead atoms. The molecule has 0 spiro atoms. The first-order valence-corrected chi connectivity index (χ1v) is 5.84. The Hall–Kier alpha value is -2.03. The van der Waals surface area contributed by atoms with Crippen LogP contribution in [-0.4, -0.2) is 12.9 Å². The zero-order valence-corrected chi connectivity index (χ0v) is 10.9. The number of methoxy groups -OCH3 is 1. The normalized spacial score (nSPS) is 10.9. The third kappa shape index (κ3) is 4.45. The van der Waals surface area contributed by atoms with Crippen molar-refractivity contribution in [2.75, 3.05) is 7.11 Å². The van der Waals surface area contributed by atoms with Crippen LogP contribution in [0.15, 0.2) is 48.7 Å². The lowest BCUT2D eigenvalue weighted by Gasteiger charge is -2.05. The second-order valence-corrected chi connectivity index (χ2v) is 3.95. The molecular weight excluding hydrogens is 226 g/mol. The second kappa shape index (κ2) is 7.33. The zero-order chi connectivity index (χ0) is 13.4. The number of Topliss-reactive ketones (excluding diaryl/α,β-unsaturated/α-hetero) is 1. The number of carbonyl (C=O) groups is 1. The molecule has 0 aliphatic rings. The molecule has 18 heavy (non-hydrogen) atoms. The molecule has 0 amide bonds. The van der Waals surface area contributed by atoms with Gasteiger partial charge in [0.25, 0.3) is 0 Å². The zero-order valence-electron chi connectivity index (χ0n) is 10.9. The lowest BCUT2D eigenvalue weighted by Crippen LogP contribution is -2.08. The van der Waals surface area contributed by atoms with Crippen molar-refractivity contribution >= 4 is 5.78 Å². The van der Waals surface area contributed by atoms with Crippen molar-refractivity contribution in [3.63, 3.8) is 0 Å². The van der Waals surface area contributed by atoms with Crippen LogP contribution in [0.2, 0.25) is 0 Å². The van der Waals surface area contributed by atoms with Crippen molar-refractivity contribution < 1.29 is 9.53 Å². The van der Waals surface area contributed by atoms with E-state index in [0.29, 0.717) is 13.0 Å². The van der Waals surface area contributed by atoms with E-state index >= 15 is 0 Å². The van der Waals surface area contributed by atoms with Crippen LogP contribution in [0.1, 0.15) is 18.9 Å². The van der Waals surface area contributed by atoms with Crippen LogP contribution in [0.25, 0.3) is 0 Å². The van der Waals surface area contributed by atoms with Crippen LogP contribution in [0.3, 0.4) is 0 Å². The maximum atomic E-state index is 11.3. The van der Waals surface area contributed by atoms with Crippen LogP contribution in [0, 0.1) is 0 Å². The number of ether oxygens (including phenoxy) is 1. The topological polar surface area (TPSA) is 38.3 Å². The fraction of sp³-hybridized carbons (Fsp3) is 0.267. The number of carbonyl (C=O) groups excluding carboxylic acids is 1. The van der Waals surface area contributed by atoms with Gasteiger partial charge in [-0.25, -0.2) is 0 Å². The van der Waals surface area contributed by atoms with Gasteiger partial charge in [0, 0.05) is 18.3 Å². The smallest absolute Gasteiger partial charge is 0.157 e. The number of hydrogen-bond acceptors (Lipinski definition) is 3. The molecule has 0 atom stereocenters. The third-order valence-electron chi connectivity index (χ3n) is 2.56. The highest BCUT2D eigenvalue weighted by Gasteiger charge is 2.00. The van der Waals surface area contributed by atoms with Crippen LogP contribution in [-0.2, 0) is 11.3 Å². The molecule has 1 aromatic rings. The highest BCUT2D eigenvalue weighted by Crippen LogP contribution is 2.11. The summed E-state index contributed by atoms with van der Waals surface area (Å²) in [5.41, 5.74) is 1.87. The minimum atomic E-state index is 0.0668. The summed E-state index contributed by atoms with van der Waals surface area (Å²) in [4.78, 5) is 11.3. The minimum absolute atomic E-state index is 0.0668. The van der Waals surface area contributed by atoms with Crippen molar-refractivity contribution in [1.29, 1.82) is 0 Å². The summed E-state index contributed by atoms with van der Waals surface area (Å²) in [5, 5.41) is 3.13. The lowest BCUT2D eigenvalue weighted by atomic mass is 10.1. The minimum Gasteiger partial charge on any atom is -0.497 e. The number of allylic oxidation sites excluding steroid dienone is 2. The van der Waals surface area contributed by atoms with Crippen LogP contribution < -0.4 is 10.1 Å². The fourth-order valence-electron chi connectivity index (χ4n) is 1.50. The molecule has 96 valence electrons. The van der Waals surface area contributed by atoms with Gasteiger partial charge in [-0.15, -0.1) is 6.58 Å². The highest BCUT2D eigenvalue weighted by atomic mass is 16.5. The van der Waals surface area contributed by atoms with Gasteiger partial charge in [-0.2, -0.15) is 0 Å². The monoisotopic (exact) mass is 245 g/mol. The Bertz CT molecular complexity index is 432. The van der Waals surface area contributed by atoms with E-state index in [4.69, 9.17) is 4.74 Å². The number of ketones is 1. The van der Waals surface area contributed by atoms with Crippen molar-refractivity contribution in [3.8, 4) is 5.75 Å². The molecule has 0 unspecified atom stereocenters. The van der Waals surface area contributed by atoms with Gasteiger partial charge in [0.05, 0.1) is 7.11 Å². The fourth-order valence-corrected chi connectivity index (χ4v) is 1.50. The van der Waals surface area contributed by atoms with Crippen LogP contribution in [0.4, 0.5) is 0 Å². The van der Waals surface area contributed by atoms with E-state index < -0.39 is 0 Å². The molecule has 1 N–H and O–H groups in total. The Labute approximate surface area is 108 Å². The van der Waals surface area contributed by atoms with Crippen molar-refractivity contribution in [1.82, 2.24) is 5.32 Å². The number of hydrogen-bond donors (Lipinski definition) is 1. The summed E-state index contributed by atoms with van der Waals surface area (Å²) in [6, 6.07) is 7.80. The van der Waals surface area contributed by atoms with Gasteiger partial charge in [0.15, 0.2) is 5.78 Å². The molecule has 0 saturated heterocycles. The van der Waals surface area contributed by atoms with E-state index in [9.17, 15) is 4.79 Å². The number of benzene rings is 1. The average molecular weight is 245 g/mol. The van der Waals surface area contributed by atoms with E-state index in [-0.39, 0.29) is 5.78 Å². The van der Waals surface area contributed by atoms with Gasteiger partial charge in [-0.05, 0) is 31.0 Å². The molecule has 0 saturated carbocycles. The molecule has 3 nitrogen and oxygen atoms in total. The Morgan fingerprint density at radius 2 is 2.06 bits per heavy atom. The quantitative estimate of drug-likeness (QED) is 0.593. The average Bonchev–Trinajstić information content (AvgIpc) is 2.38. The predicted octanol–water partition coefficient (Wildman–Crippen LogP) is 2.83. The van der Waals surface area contributed by atoms with Crippen LogP contribution >= 0.6 is 0 Å². The Morgan fingerprint density at radius 1 is 1.39 bits per heavy atom. The van der Waals surface area contributed by atoms with Gasteiger partial charge in [0.1, 0.15) is 5.75 Å². The first-order valence-electron chi connectivity index (χ1n) is 5.84. The molecular formula is C15H19NO2. The van der Waals surface area contributed by atoms with Gasteiger partial charge >= 0.3 is 0 Å². The van der Waals surface area contributed by atoms with Crippen molar-refractivity contribution in [2.24, 2.45) is 0 Å². The maximum absolute atomic E-state index is 11.3. The summed E-state index contributed by atoms with van der Waals surface area (Å²) < 4.78 is 5.09. The summed E-state index contributed by atoms with van der Waals surface area (Å²) in [6.07, 6.45) is 4.07. The van der Waals surface area contributed by atoms with Crippen LogP contribution in [0.5, 0.6) is 5.75 Å². The van der Waals surface area contributed by atoms with Gasteiger partial charge < -0.3 is 10.1 Å². The summed E-state index contributed by atoms with van der Waals surface area (Å²) >= 11 is 0. The van der Waals surface area contributed by atoms with Gasteiger partial charge in [-0.1, -0.05) is 18.2 Å². The number of rotatable bonds is 7. The molecule has 0 aliphatic carbocycles. The largest absolute Gasteiger partial charge is 0.497 e. The lowest BCUT2D eigenvalue weighted by molar-refractivity contribution is -0.113. The molecule has 0 radical (unpaired) electrons. The third-order valence-corrected chi connectivity index (χ3v) is 2.56. The molecule has 0 fully saturated rings. The Kier molecular flexibility index (Phi) is 5.71. The van der Waals surface area contributed by atoms with E-state index in [0.717, 1.165) is 16.9 Å². The standard InChI is InChI=1S/C15H19NO2/c1-4-5-14(12(2)17)11-16-10-13-6-8-15(18-3)9-7-13/h4,6-9,11,16H,1,5,10H2,2-3H3/b14-11-. The first kappa shape index (κ1) is 14.0. The van der Waals surface area contributed by atoms with E-state index in [1.165, 1.54) is 0 Å². The van der Waals surface area contributed by atoms with E-state index in [2.05, 4.69) is 11.9 Å². The van der Waals surface area contributed by atoms with Crippen molar-refractivity contribution in [2.45, 2.75) is 19.9 Å². The molecule has 0 aromatic heterocycles. The van der Waals surface area contributed by atoms with Gasteiger partial charge in [0.2, 0.25) is 0 Å². The Balaban J connectivity index is 2.55. The first-order chi connectivity index (χ1) is 8.67. The molecule has 3 heteroatoms. The van der Waals surface area contributed by atoms with E-state index in [1.54, 1.807) is 26.3 Å². The predicted molar refractivity (Wildman–Crippen MR) is 73.4 cm³/mol. The SMILES string of the molecule is C=CC/C(=C/NCc1ccc(OC)cc1)C(C)=O. The summed E-state index contributed by atoms with van der Waals surface area (Å²) in [6.45, 7) is 5.87. The van der Waals surface area contributed by atoms with Crippen molar-refractivity contribution in [3.05, 3.63) is 54.3 Å². The van der Waals surface area contributed by atoms with E-state index in [1.807, 2.05) is 24.3 Å². The molecule has 0 aliphatic heterocycles. The summed E-state index contributed by atoms with van der Waals surface area (Å²) in [7, 11) is 1.64. The second-order valence-electron chi connectivity index (χ2n) is 3.95. The molecule has 1 aromatic carbocycles. The molecule has 1 rings (SSSR count). The van der Waals surface area contributed by atoms with Gasteiger partial charge in [-0.3, -0.25) is 4.79 Å².